The number of amides is 1. The number of anilines is 1. The van der Waals surface area contributed by atoms with Gasteiger partial charge in [-0.05, 0) is 55.9 Å². The van der Waals surface area contributed by atoms with Gasteiger partial charge in [0.2, 0.25) is 15.9 Å². The van der Waals surface area contributed by atoms with E-state index in [0.717, 1.165) is 41.5 Å². The Morgan fingerprint density at radius 3 is 2.50 bits per heavy atom. The summed E-state index contributed by atoms with van der Waals surface area (Å²) in [5.41, 5.74) is 3.40. The molecule has 8 nitrogen and oxygen atoms in total. The minimum absolute atomic E-state index is 0.0690. The zero-order valence-electron chi connectivity index (χ0n) is 17.2. The zero-order valence-corrected chi connectivity index (χ0v) is 18.0. The topological polar surface area (TPSA) is 110 Å². The average Bonchev–Trinajstić information content (AvgIpc) is 3.14. The molecular weight excluding hydrogens is 406 g/mol. The second kappa shape index (κ2) is 8.43. The Morgan fingerprint density at radius 1 is 1.13 bits per heavy atom. The van der Waals surface area contributed by atoms with E-state index in [2.05, 4.69) is 17.4 Å². The fourth-order valence-electron chi connectivity index (χ4n) is 3.83. The Hall–Kier alpha value is -2.94. The largest absolute Gasteiger partial charge is 0.348 e. The summed E-state index contributed by atoms with van der Waals surface area (Å²) in [6, 6.07) is 10.00. The summed E-state index contributed by atoms with van der Waals surface area (Å²) >= 11 is 0. The minimum atomic E-state index is -3.86. The Labute approximate surface area is 176 Å². The molecule has 160 valence electrons. The van der Waals surface area contributed by atoms with Crippen molar-refractivity contribution in [2.24, 2.45) is 0 Å². The molecule has 0 radical (unpaired) electrons. The van der Waals surface area contributed by atoms with E-state index in [1.165, 1.54) is 36.2 Å². The molecule has 1 N–H and O–H groups in total. The second-order valence-corrected chi connectivity index (χ2v) is 9.48. The fourth-order valence-corrected chi connectivity index (χ4v) is 5.00. The number of nitro benzene ring substituents is 1. The number of nitrogens with one attached hydrogen (secondary N) is 1. The third-order valence-corrected chi connectivity index (χ3v) is 6.61. The van der Waals surface area contributed by atoms with Crippen molar-refractivity contribution in [3.8, 4) is 0 Å². The predicted octanol–water partition coefficient (Wildman–Crippen LogP) is 3.12. The van der Waals surface area contributed by atoms with E-state index >= 15 is 0 Å². The molecule has 1 aliphatic carbocycles. The number of carbonyl (C=O) groups excluding carboxylic acids is 1. The van der Waals surface area contributed by atoms with E-state index in [-0.39, 0.29) is 17.4 Å². The SMILES string of the molecule is C[C@H](NC(=O)[C@H](C)N(c1cccc([N+](=O)[O-])c1)S(C)(=O)=O)c1ccc2c(c1)CCC2. The second-order valence-electron chi connectivity index (χ2n) is 7.62. The number of fused-ring (bicyclic) bond motifs is 1. The summed E-state index contributed by atoms with van der Waals surface area (Å²) in [5, 5.41) is 13.9. The molecule has 0 aliphatic heterocycles. The Kier molecular flexibility index (Phi) is 6.12. The van der Waals surface area contributed by atoms with Crippen molar-refractivity contribution in [1.82, 2.24) is 5.32 Å². The van der Waals surface area contributed by atoms with Crippen LogP contribution in [0.4, 0.5) is 11.4 Å². The summed E-state index contributed by atoms with van der Waals surface area (Å²) in [7, 11) is -3.86. The highest BCUT2D eigenvalue weighted by molar-refractivity contribution is 7.92. The smallest absolute Gasteiger partial charge is 0.271 e. The lowest BCUT2D eigenvalue weighted by molar-refractivity contribution is -0.384. The third-order valence-electron chi connectivity index (χ3n) is 5.36. The highest BCUT2D eigenvalue weighted by Gasteiger charge is 2.31. The maximum Gasteiger partial charge on any atom is 0.271 e. The number of hydrogen-bond donors (Lipinski definition) is 1. The van der Waals surface area contributed by atoms with Crippen LogP contribution in [0.5, 0.6) is 0 Å². The van der Waals surface area contributed by atoms with E-state index < -0.39 is 26.9 Å². The van der Waals surface area contributed by atoms with Gasteiger partial charge in [-0.1, -0.05) is 24.3 Å². The van der Waals surface area contributed by atoms with Crippen LogP contribution >= 0.6 is 0 Å². The van der Waals surface area contributed by atoms with Crippen LogP contribution in [0.3, 0.4) is 0 Å². The van der Waals surface area contributed by atoms with Crippen molar-refractivity contribution in [1.29, 1.82) is 0 Å². The molecule has 0 fully saturated rings. The molecule has 3 rings (SSSR count). The van der Waals surface area contributed by atoms with Crippen LogP contribution in [-0.4, -0.2) is 31.5 Å². The van der Waals surface area contributed by atoms with Crippen LogP contribution in [0.2, 0.25) is 0 Å². The molecular formula is C21H25N3O5S. The standard InChI is InChI=1S/C21H25N3O5S/c1-14(17-11-10-16-6-4-7-18(16)12-17)22-21(25)15(2)23(30(3,28)29)19-8-5-9-20(13-19)24(26)27/h5,8-15H,4,6-7H2,1-3H3,(H,22,25)/t14-,15-/m0/s1. The van der Waals surface area contributed by atoms with Gasteiger partial charge >= 0.3 is 0 Å². The van der Waals surface area contributed by atoms with Crippen molar-refractivity contribution in [3.63, 3.8) is 0 Å². The Balaban J connectivity index is 1.82. The first-order chi connectivity index (χ1) is 14.1. The molecule has 0 spiro atoms. The first-order valence-corrected chi connectivity index (χ1v) is 11.6. The van der Waals surface area contributed by atoms with E-state index in [4.69, 9.17) is 0 Å². The van der Waals surface area contributed by atoms with E-state index in [1.54, 1.807) is 0 Å². The Morgan fingerprint density at radius 2 is 1.83 bits per heavy atom. The number of sulfonamides is 1. The normalized spacial score (nSPS) is 15.2. The average molecular weight is 432 g/mol. The van der Waals surface area contributed by atoms with Gasteiger partial charge in [0.1, 0.15) is 6.04 Å². The summed E-state index contributed by atoms with van der Waals surface area (Å²) in [6.07, 6.45) is 4.19. The zero-order chi connectivity index (χ0) is 22.1. The monoisotopic (exact) mass is 431 g/mol. The van der Waals surface area contributed by atoms with Crippen LogP contribution in [0.1, 0.15) is 43.0 Å². The van der Waals surface area contributed by atoms with Gasteiger partial charge in [0.15, 0.2) is 0 Å². The molecule has 0 bridgehead atoms. The lowest BCUT2D eigenvalue weighted by Gasteiger charge is -2.29. The van der Waals surface area contributed by atoms with Crippen molar-refractivity contribution in [2.75, 3.05) is 10.6 Å². The molecule has 2 atom stereocenters. The maximum absolute atomic E-state index is 12.9. The summed E-state index contributed by atoms with van der Waals surface area (Å²) in [5.74, 6) is -0.486. The van der Waals surface area contributed by atoms with E-state index in [1.807, 2.05) is 13.0 Å². The molecule has 0 heterocycles. The number of carbonyl (C=O) groups is 1. The number of nitro groups is 1. The highest BCUT2D eigenvalue weighted by atomic mass is 32.2. The van der Waals surface area contributed by atoms with Crippen molar-refractivity contribution >= 4 is 27.3 Å². The van der Waals surface area contributed by atoms with Crippen molar-refractivity contribution in [2.45, 2.75) is 45.2 Å². The van der Waals surface area contributed by atoms with Crippen LogP contribution in [0.15, 0.2) is 42.5 Å². The molecule has 0 saturated carbocycles. The van der Waals surface area contributed by atoms with E-state index in [9.17, 15) is 23.3 Å². The number of benzene rings is 2. The molecule has 1 aliphatic rings. The number of rotatable bonds is 7. The molecule has 0 aromatic heterocycles. The van der Waals surface area contributed by atoms with Gasteiger partial charge < -0.3 is 5.32 Å². The molecule has 30 heavy (non-hydrogen) atoms. The molecule has 2 aromatic rings. The first kappa shape index (κ1) is 21.8. The summed E-state index contributed by atoms with van der Waals surface area (Å²) < 4.78 is 25.7. The van der Waals surface area contributed by atoms with E-state index in [0.29, 0.717) is 0 Å². The predicted molar refractivity (Wildman–Crippen MR) is 115 cm³/mol. The first-order valence-electron chi connectivity index (χ1n) is 9.74. The number of nitrogens with zero attached hydrogens (tertiary/aromatic N) is 2. The van der Waals surface area contributed by atoms with Gasteiger partial charge in [0.25, 0.3) is 5.69 Å². The van der Waals surface area contributed by atoms with Crippen LogP contribution in [0.25, 0.3) is 0 Å². The van der Waals surface area contributed by atoms with Gasteiger partial charge in [-0.15, -0.1) is 0 Å². The number of aryl methyl sites for hydroxylation is 2. The molecule has 1 amide bonds. The fraction of sp³-hybridized carbons (Fsp3) is 0.381. The van der Waals surface area contributed by atoms with Gasteiger partial charge in [-0.25, -0.2) is 8.42 Å². The van der Waals surface area contributed by atoms with Gasteiger partial charge in [-0.2, -0.15) is 0 Å². The number of hydrogen-bond acceptors (Lipinski definition) is 5. The molecule has 0 saturated heterocycles. The quantitative estimate of drug-likeness (QED) is 0.535. The van der Waals surface area contributed by atoms with Crippen molar-refractivity contribution < 1.29 is 18.1 Å². The minimum Gasteiger partial charge on any atom is -0.348 e. The lowest BCUT2D eigenvalue weighted by atomic mass is 10.0. The van der Waals surface area contributed by atoms with Crippen LogP contribution in [-0.2, 0) is 27.7 Å². The molecule has 0 unspecified atom stereocenters. The summed E-state index contributed by atoms with van der Waals surface area (Å²) in [4.78, 5) is 23.4. The lowest BCUT2D eigenvalue weighted by Crippen LogP contribution is -2.48. The van der Waals surface area contributed by atoms with Gasteiger partial charge in [0.05, 0.1) is 22.9 Å². The van der Waals surface area contributed by atoms with Crippen LogP contribution < -0.4 is 9.62 Å². The van der Waals surface area contributed by atoms with Gasteiger partial charge in [-0.3, -0.25) is 19.2 Å². The summed E-state index contributed by atoms with van der Waals surface area (Å²) in [6.45, 7) is 3.31. The van der Waals surface area contributed by atoms with Crippen molar-refractivity contribution in [3.05, 3.63) is 69.3 Å². The third kappa shape index (κ3) is 4.62. The highest BCUT2D eigenvalue weighted by Crippen LogP contribution is 2.27. The maximum atomic E-state index is 12.9. The Bertz CT molecular complexity index is 1080. The van der Waals surface area contributed by atoms with Crippen LogP contribution in [0, 0.1) is 10.1 Å². The molecule has 2 aromatic carbocycles. The number of non-ortho nitro benzene ring substituents is 1. The molecule has 9 heteroatoms. The van der Waals surface area contributed by atoms with Gasteiger partial charge in [0, 0.05) is 12.1 Å².